The smallest absolute Gasteiger partial charge is 0.217 e. The molecule has 2 amide bonds. The van der Waals surface area contributed by atoms with Gasteiger partial charge in [0.1, 0.15) is 140 Å². The first-order valence-corrected chi connectivity index (χ1v) is 23.0. The lowest BCUT2D eigenvalue weighted by molar-refractivity contribution is -0.384. The number of rotatable bonds is 17. The number of carbonyl (C=O) groups excluding carboxylic acids is 2. The van der Waals surface area contributed by atoms with Crippen molar-refractivity contribution in [2.75, 3.05) is 33.0 Å². The zero-order chi connectivity index (χ0) is 53.2. The molecule has 0 spiro atoms. The maximum Gasteiger partial charge on any atom is 0.217 e. The Bertz CT molecular complexity index is 1730. The zero-order valence-electron chi connectivity index (χ0n) is 38.8. The summed E-state index contributed by atoms with van der Waals surface area (Å²) < 4.78 is 64.0. The summed E-state index contributed by atoms with van der Waals surface area (Å²) in [6.45, 7) is -1.39. The first-order valence-electron chi connectivity index (χ1n) is 23.0. The number of nitrogens with one attached hydrogen (secondary N) is 2. The van der Waals surface area contributed by atoms with Crippen LogP contribution in [0.2, 0.25) is 0 Å². The SMILES string of the molecule is CC(=O)N[C@H]1[C@H](O[C@H]2[C@@H](O)[C@@H](CO[C@@H]3O[C@H](CO)[C@@H](O[C@@H]4O[C@H](CO)[C@H](O)[C@H](O)[C@H]4O)[C@H](O[C@@H]4O[C@@H](C)[C@@H](O)[C@@H](O)[C@@H]4O)[C@H]3NC(C)=O)O[C@@H](O[C@H]3[C@H](O)[C@@H](O)[C@@H](O)O[C@@H]3CO)[C@@H]2O)O[C@H](CO)[C@@H](O)[C@@H]1O. The molecule has 6 heterocycles. The van der Waals surface area contributed by atoms with Crippen LogP contribution in [0.25, 0.3) is 0 Å². The number of aliphatic hydroxyl groups excluding tert-OH is 17. The molecule has 0 unspecified atom stereocenters. The van der Waals surface area contributed by atoms with E-state index in [-0.39, 0.29) is 0 Å². The summed E-state index contributed by atoms with van der Waals surface area (Å²) in [6, 6.07) is -3.38. The van der Waals surface area contributed by atoms with Crippen LogP contribution in [0.4, 0.5) is 0 Å². The lowest BCUT2D eigenvalue weighted by Crippen LogP contribution is -2.70. The van der Waals surface area contributed by atoms with E-state index < -0.39 is 229 Å². The molecular weight excluding hydrogens is 988 g/mol. The standard InChI is InChI=1S/C40H68N2O30/c1-9-19(49)24(54)28(58)38(63-9)71-33-18(42-11(3)48)36(67-15(7-46)32(33)70-39-29(59)25(55)21(51)13(5-44)66-39)62-8-16-22(52)34(72-37-17(41-10(2)47)23(53)20(50)12(4-43)65-37)30(60)40(68-16)69-31-14(6-45)64-35(61)27(57)26(31)56/h9,12-40,43-46,49-61H,4-8H2,1-3H3,(H,41,47)(H,42,48)/t9-,12+,13+,14+,15+,16+,17+,18+,19+,20+,21-,22-,23+,24+,25-,26+,27+,28-,29+,30+,31+,32+,33+,34-,35-,36+,37-,38-,39-,40-/m0/s1. The minimum Gasteiger partial charge on any atom is -0.394 e. The zero-order valence-corrected chi connectivity index (χ0v) is 38.8. The van der Waals surface area contributed by atoms with Gasteiger partial charge in [-0.25, -0.2) is 0 Å². The van der Waals surface area contributed by atoms with Crippen LogP contribution in [0.1, 0.15) is 20.8 Å². The van der Waals surface area contributed by atoms with Gasteiger partial charge >= 0.3 is 0 Å². The van der Waals surface area contributed by atoms with Crippen LogP contribution in [-0.4, -0.2) is 316 Å². The first-order chi connectivity index (χ1) is 34.0. The van der Waals surface area contributed by atoms with Crippen LogP contribution < -0.4 is 10.6 Å². The Hall–Kier alpha value is -2.18. The van der Waals surface area contributed by atoms with E-state index in [1.807, 2.05) is 0 Å². The highest BCUT2D eigenvalue weighted by molar-refractivity contribution is 5.73. The van der Waals surface area contributed by atoms with Gasteiger partial charge in [-0.1, -0.05) is 0 Å². The van der Waals surface area contributed by atoms with Crippen molar-refractivity contribution in [1.82, 2.24) is 10.6 Å². The highest BCUT2D eigenvalue weighted by atomic mass is 16.8. The van der Waals surface area contributed by atoms with E-state index in [0.29, 0.717) is 0 Å². The van der Waals surface area contributed by atoms with Crippen molar-refractivity contribution in [2.24, 2.45) is 0 Å². The van der Waals surface area contributed by atoms with Crippen LogP contribution in [0.15, 0.2) is 0 Å². The Balaban J connectivity index is 1.35. The molecule has 32 nitrogen and oxygen atoms in total. The van der Waals surface area contributed by atoms with E-state index in [2.05, 4.69) is 10.6 Å². The van der Waals surface area contributed by atoms with Gasteiger partial charge < -0.3 is 150 Å². The third kappa shape index (κ3) is 12.6. The number of aliphatic hydroxyl groups is 17. The predicted octanol–water partition coefficient (Wildman–Crippen LogP) is -12.8. The van der Waals surface area contributed by atoms with E-state index in [1.165, 1.54) is 6.92 Å². The lowest BCUT2D eigenvalue weighted by atomic mass is 9.94. The molecule has 19 N–H and O–H groups in total. The first kappa shape index (κ1) is 59.1. The summed E-state index contributed by atoms with van der Waals surface area (Å²) in [7, 11) is 0. The van der Waals surface area contributed by atoms with E-state index >= 15 is 0 Å². The van der Waals surface area contributed by atoms with Gasteiger partial charge in [-0.05, 0) is 6.92 Å². The van der Waals surface area contributed by atoms with Gasteiger partial charge in [0.25, 0.3) is 0 Å². The second-order valence-corrected chi connectivity index (χ2v) is 18.3. The summed E-state index contributed by atoms with van der Waals surface area (Å²) in [5.74, 6) is -1.63. The number of carbonyl (C=O) groups is 2. The third-order valence-electron chi connectivity index (χ3n) is 13.2. The van der Waals surface area contributed by atoms with Gasteiger partial charge in [-0.15, -0.1) is 0 Å². The van der Waals surface area contributed by atoms with Crippen LogP contribution in [0.5, 0.6) is 0 Å². The summed E-state index contributed by atoms with van der Waals surface area (Å²) in [6.07, 6.45) is -52.4. The van der Waals surface area contributed by atoms with Gasteiger partial charge in [-0.2, -0.15) is 0 Å². The van der Waals surface area contributed by atoms with Gasteiger partial charge in [0.2, 0.25) is 11.8 Å². The Morgan fingerprint density at radius 3 is 1.42 bits per heavy atom. The Kier molecular flexibility index (Phi) is 20.8. The fraction of sp³-hybridized carbons (Fsp3) is 0.950. The molecule has 0 aromatic rings. The van der Waals surface area contributed by atoms with Crippen molar-refractivity contribution in [2.45, 2.75) is 205 Å². The fourth-order valence-electron chi connectivity index (χ4n) is 9.16. The molecule has 32 heteroatoms. The topological polar surface area (TPSA) is 504 Å². The molecule has 418 valence electrons. The van der Waals surface area contributed by atoms with Crippen molar-refractivity contribution in [3.05, 3.63) is 0 Å². The Labute approximate surface area is 408 Å². The molecule has 6 aliphatic heterocycles. The highest BCUT2D eigenvalue weighted by Crippen LogP contribution is 2.37. The molecule has 6 saturated heterocycles. The summed E-state index contributed by atoms with van der Waals surface area (Å²) in [4.78, 5) is 25.2. The number of hydrogen-bond donors (Lipinski definition) is 19. The normalized spacial score (nSPS) is 50.3. The van der Waals surface area contributed by atoms with Crippen molar-refractivity contribution in [1.29, 1.82) is 0 Å². The maximum absolute atomic E-state index is 13.0. The van der Waals surface area contributed by atoms with Crippen molar-refractivity contribution < 1.29 is 149 Å². The lowest BCUT2D eigenvalue weighted by Gasteiger charge is -2.50. The van der Waals surface area contributed by atoms with Gasteiger partial charge in [0, 0.05) is 13.8 Å². The Morgan fingerprint density at radius 1 is 0.389 bits per heavy atom. The monoisotopic (exact) mass is 1060 g/mol. The third-order valence-corrected chi connectivity index (χ3v) is 13.2. The van der Waals surface area contributed by atoms with E-state index in [0.717, 1.165) is 13.8 Å². The molecule has 0 aromatic carbocycles. The second kappa shape index (κ2) is 25.3. The molecule has 0 aliphatic carbocycles. The van der Waals surface area contributed by atoms with Gasteiger partial charge in [0.05, 0.1) is 39.1 Å². The molecule has 30 atom stereocenters. The fourth-order valence-corrected chi connectivity index (χ4v) is 9.16. The van der Waals surface area contributed by atoms with Crippen molar-refractivity contribution >= 4 is 11.8 Å². The molecule has 0 saturated carbocycles. The van der Waals surface area contributed by atoms with Gasteiger partial charge in [-0.3, -0.25) is 9.59 Å². The number of amides is 2. The van der Waals surface area contributed by atoms with E-state index in [1.54, 1.807) is 0 Å². The van der Waals surface area contributed by atoms with Crippen LogP contribution in [0, 0.1) is 0 Å². The molecule has 72 heavy (non-hydrogen) atoms. The predicted molar refractivity (Wildman–Crippen MR) is 221 cm³/mol. The van der Waals surface area contributed by atoms with E-state index in [4.69, 9.17) is 52.1 Å². The quantitative estimate of drug-likeness (QED) is 0.0643. The van der Waals surface area contributed by atoms with E-state index in [9.17, 15) is 96.4 Å². The van der Waals surface area contributed by atoms with Crippen LogP contribution >= 0.6 is 0 Å². The average molecular weight is 1060 g/mol. The summed E-state index contributed by atoms with van der Waals surface area (Å²) in [5.41, 5.74) is 0. The summed E-state index contributed by atoms with van der Waals surface area (Å²) in [5, 5.41) is 186. The maximum atomic E-state index is 13.0. The molecule has 6 aliphatic rings. The Morgan fingerprint density at radius 2 is 0.833 bits per heavy atom. The molecule has 0 radical (unpaired) electrons. The molecule has 0 aromatic heterocycles. The minimum absolute atomic E-state index is 0.785. The summed E-state index contributed by atoms with van der Waals surface area (Å²) >= 11 is 0. The average Bonchev–Trinajstić information content (AvgIpc) is 3.34. The molecule has 6 fully saturated rings. The van der Waals surface area contributed by atoms with Crippen molar-refractivity contribution in [3.8, 4) is 0 Å². The minimum atomic E-state index is -2.21. The highest BCUT2D eigenvalue weighted by Gasteiger charge is 2.57. The number of hydrogen-bond acceptors (Lipinski definition) is 30. The molecular formula is C40H68N2O30. The largest absolute Gasteiger partial charge is 0.394 e. The van der Waals surface area contributed by atoms with Gasteiger partial charge in [0.15, 0.2) is 37.7 Å². The second-order valence-electron chi connectivity index (χ2n) is 18.3. The van der Waals surface area contributed by atoms with Crippen LogP contribution in [-0.2, 0) is 61.7 Å². The molecule has 6 rings (SSSR count). The van der Waals surface area contributed by atoms with Crippen LogP contribution in [0.3, 0.4) is 0 Å². The number of ether oxygens (including phenoxy) is 11. The van der Waals surface area contributed by atoms with Crippen molar-refractivity contribution in [3.63, 3.8) is 0 Å². The molecule has 0 bridgehead atoms.